The van der Waals surface area contributed by atoms with Crippen LogP contribution in [-0.2, 0) is 9.53 Å². The SMILES string of the molecule is CCOC(=O)C1CCCN(C(=NC)NCC(c2cccs2)N(C)C)C1.I. The summed E-state index contributed by atoms with van der Waals surface area (Å²) >= 11 is 1.77. The number of esters is 1. The summed E-state index contributed by atoms with van der Waals surface area (Å²) in [5.41, 5.74) is 0. The van der Waals surface area contributed by atoms with Crippen LogP contribution in [0.25, 0.3) is 0 Å². The number of aliphatic imine (C=N–C) groups is 1. The Morgan fingerprint density at radius 3 is 2.88 bits per heavy atom. The van der Waals surface area contributed by atoms with Crippen LogP contribution < -0.4 is 5.32 Å². The largest absolute Gasteiger partial charge is 0.466 e. The summed E-state index contributed by atoms with van der Waals surface area (Å²) in [6.07, 6.45) is 1.87. The Bertz CT molecular complexity index is 566. The van der Waals surface area contributed by atoms with Crippen molar-refractivity contribution in [1.29, 1.82) is 0 Å². The van der Waals surface area contributed by atoms with Gasteiger partial charge in [0.15, 0.2) is 5.96 Å². The number of guanidine groups is 1. The van der Waals surface area contributed by atoms with E-state index in [9.17, 15) is 4.79 Å². The molecule has 0 amide bonds. The number of piperidine rings is 1. The maximum absolute atomic E-state index is 12.1. The van der Waals surface area contributed by atoms with E-state index in [-0.39, 0.29) is 35.9 Å². The standard InChI is InChI=1S/C18H30N4O2S.HI/c1-5-24-17(23)14-8-6-10-22(13-14)18(19-2)20-12-15(21(3)4)16-9-7-11-25-16;/h7,9,11,14-15H,5-6,8,10,12-13H2,1-4H3,(H,19,20);1H. The van der Waals surface area contributed by atoms with Crippen molar-refractivity contribution in [3.05, 3.63) is 22.4 Å². The van der Waals surface area contributed by atoms with Crippen molar-refractivity contribution in [2.75, 3.05) is 47.4 Å². The summed E-state index contributed by atoms with van der Waals surface area (Å²) in [6.45, 7) is 4.66. The zero-order chi connectivity index (χ0) is 18.2. The molecule has 6 nitrogen and oxygen atoms in total. The second-order valence-corrected chi connectivity index (χ2v) is 7.44. The Hall–Kier alpha value is -0.870. The van der Waals surface area contributed by atoms with Crippen molar-refractivity contribution in [3.63, 3.8) is 0 Å². The molecule has 2 unspecified atom stereocenters. The predicted octanol–water partition coefficient (Wildman–Crippen LogP) is 2.82. The number of hydrogen-bond donors (Lipinski definition) is 1. The van der Waals surface area contributed by atoms with Crippen molar-refractivity contribution >= 4 is 47.2 Å². The topological polar surface area (TPSA) is 57.2 Å². The summed E-state index contributed by atoms with van der Waals surface area (Å²) in [4.78, 5) is 22.2. The number of halogens is 1. The van der Waals surface area contributed by atoms with Gasteiger partial charge in [-0.15, -0.1) is 35.3 Å². The molecule has 148 valence electrons. The number of nitrogens with one attached hydrogen (secondary N) is 1. The molecule has 8 heteroatoms. The molecular weight excluding hydrogens is 463 g/mol. The number of likely N-dealkylation sites (N-methyl/N-ethyl adjacent to an activating group) is 1. The second-order valence-electron chi connectivity index (χ2n) is 6.46. The smallest absolute Gasteiger partial charge is 0.310 e. The van der Waals surface area contributed by atoms with Gasteiger partial charge in [-0.25, -0.2) is 0 Å². The molecule has 2 rings (SSSR count). The van der Waals surface area contributed by atoms with Crippen LogP contribution >= 0.6 is 35.3 Å². The molecule has 0 spiro atoms. The third-order valence-electron chi connectivity index (χ3n) is 4.50. The van der Waals surface area contributed by atoms with E-state index in [1.165, 1.54) is 4.88 Å². The number of likely N-dealkylation sites (tertiary alicyclic amines) is 1. The lowest BCUT2D eigenvalue weighted by Gasteiger charge is -2.35. The van der Waals surface area contributed by atoms with Gasteiger partial charge < -0.3 is 19.9 Å². The van der Waals surface area contributed by atoms with Crippen molar-refractivity contribution in [2.45, 2.75) is 25.8 Å². The van der Waals surface area contributed by atoms with Gasteiger partial charge in [-0.2, -0.15) is 0 Å². The molecule has 1 aromatic heterocycles. The Kier molecular flexibility index (Phi) is 10.5. The highest BCUT2D eigenvalue weighted by Crippen LogP contribution is 2.23. The van der Waals surface area contributed by atoms with E-state index < -0.39 is 0 Å². The molecule has 26 heavy (non-hydrogen) atoms. The Morgan fingerprint density at radius 2 is 2.31 bits per heavy atom. The third kappa shape index (κ3) is 6.38. The van der Waals surface area contributed by atoms with Gasteiger partial charge in [-0.1, -0.05) is 6.07 Å². The molecule has 1 N–H and O–H groups in total. The fourth-order valence-corrected chi connectivity index (χ4v) is 4.08. The summed E-state index contributed by atoms with van der Waals surface area (Å²) in [6, 6.07) is 4.54. The number of thiophene rings is 1. The lowest BCUT2D eigenvalue weighted by Crippen LogP contribution is -2.49. The first-order valence-electron chi connectivity index (χ1n) is 8.88. The fourth-order valence-electron chi connectivity index (χ4n) is 3.16. The first-order chi connectivity index (χ1) is 12.1. The average molecular weight is 494 g/mol. The Labute approximate surface area is 178 Å². The first-order valence-corrected chi connectivity index (χ1v) is 9.76. The molecule has 0 saturated carbocycles. The first kappa shape index (κ1) is 23.2. The van der Waals surface area contributed by atoms with Gasteiger partial charge in [0.25, 0.3) is 0 Å². The molecule has 0 bridgehead atoms. The van der Waals surface area contributed by atoms with Crippen LogP contribution in [-0.4, -0.2) is 69.1 Å². The van der Waals surface area contributed by atoms with E-state index in [0.29, 0.717) is 19.2 Å². The van der Waals surface area contributed by atoms with Crippen LogP contribution in [0.15, 0.2) is 22.5 Å². The summed E-state index contributed by atoms with van der Waals surface area (Å²) in [7, 11) is 5.98. The summed E-state index contributed by atoms with van der Waals surface area (Å²) < 4.78 is 5.19. The molecule has 0 aromatic carbocycles. The van der Waals surface area contributed by atoms with Crippen molar-refractivity contribution in [2.24, 2.45) is 10.9 Å². The number of nitrogens with zero attached hydrogens (tertiary/aromatic N) is 3. The lowest BCUT2D eigenvalue weighted by molar-refractivity contribution is -0.149. The van der Waals surface area contributed by atoms with Gasteiger partial charge in [0, 0.05) is 31.6 Å². The van der Waals surface area contributed by atoms with Crippen LogP contribution in [0.5, 0.6) is 0 Å². The molecule has 0 aliphatic carbocycles. The van der Waals surface area contributed by atoms with Gasteiger partial charge in [0.1, 0.15) is 0 Å². The van der Waals surface area contributed by atoms with Crippen LogP contribution in [0.3, 0.4) is 0 Å². The van der Waals surface area contributed by atoms with Crippen molar-refractivity contribution < 1.29 is 9.53 Å². The van der Waals surface area contributed by atoms with Crippen molar-refractivity contribution in [3.8, 4) is 0 Å². The van der Waals surface area contributed by atoms with E-state index in [0.717, 1.165) is 31.9 Å². The fraction of sp³-hybridized carbons (Fsp3) is 0.667. The Morgan fingerprint density at radius 1 is 1.54 bits per heavy atom. The maximum Gasteiger partial charge on any atom is 0.310 e. The van der Waals surface area contributed by atoms with E-state index in [1.54, 1.807) is 18.4 Å². The minimum absolute atomic E-state index is 0. The molecular formula is C18H31IN4O2S. The normalized spacial score (nSPS) is 19.0. The minimum atomic E-state index is -0.0904. The number of ether oxygens (including phenoxy) is 1. The highest BCUT2D eigenvalue weighted by atomic mass is 127. The van der Waals surface area contributed by atoms with Gasteiger partial charge in [0.2, 0.25) is 0 Å². The van der Waals surface area contributed by atoms with Crippen LogP contribution in [0, 0.1) is 5.92 Å². The molecule has 1 aliphatic rings. The summed E-state index contributed by atoms with van der Waals surface area (Å²) in [5.74, 6) is 0.707. The van der Waals surface area contributed by atoms with Crippen LogP contribution in [0.4, 0.5) is 0 Å². The lowest BCUT2D eigenvalue weighted by atomic mass is 9.98. The molecule has 1 aliphatic heterocycles. The predicted molar refractivity (Wildman–Crippen MR) is 118 cm³/mol. The number of carbonyl (C=O) groups excluding carboxylic acids is 1. The quantitative estimate of drug-likeness (QED) is 0.285. The molecule has 1 saturated heterocycles. The zero-order valence-electron chi connectivity index (χ0n) is 16.1. The van der Waals surface area contributed by atoms with Gasteiger partial charge in [-0.05, 0) is 45.3 Å². The average Bonchev–Trinajstić information content (AvgIpc) is 3.13. The van der Waals surface area contributed by atoms with Gasteiger partial charge in [0.05, 0.1) is 18.6 Å². The van der Waals surface area contributed by atoms with Crippen LogP contribution in [0.1, 0.15) is 30.7 Å². The van der Waals surface area contributed by atoms with Crippen molar-refractivity contribution in [1.82, 2.24) is 15.1 Å². The molecule has 1 fully saturated rings. The minimum Gasteiger partial charge on any atom is -0.466 e. The van der Waals surface area contributed by atoms with E-state index in [4.69, 9.17) is 4.74 Å². The molecule has 0 radical (unpaired) electrons. The maximum atomic E-state index is 12.1. The van der Waals surface area contributed by atoms with E-state index >= 15 is 0 Å². The second kappa shape index (κ2) is 11.8. The van der Waals surface area contributed by atoms with Gasteiger partial charge >= 0.3 is 5.97 Å². The highest BCUT2D eigenvalue weighted by Gasteiger charge is 2.28. The number of rotatable bonds is 6. The highest BCUT2D eigenvalue weighted by molar-refractivity contribution is 14.0. The molecule has 2 heterocycles. The van der Waals surface area contributed by atoms with E-state index in [1.807, 2.05) is 6.92 Å². The third-order valence-corrected chi connectivity index (χ3v) is 5.47. The molecule has 1 aromatic rings. The van der Waals surface area contributed by atoms with Gasteiger partial charge in [-0.3, -0.25) is 9.79 Å². The molecule has 2 atom stereocenters. The number of carbonyl (C=O) groups is 1. The van der Waals surface area contributed by atoms with E-state index in [2.05, 4.69) is 51.7 Å². The number of hydrogen-bond acceptors (Lipinski definition) is 5. The monoisotopic (exact) mass is 494 g/mol. The van der Waals surface area contributed by atoms with Crippen LogP contribution in [0.2, 0.25) is 0 Å². The summed E-state index contributed by atoms with van der Waals surface area (Å²) in [5, 5.41) is 5.60. The zero-order valence-corrected chi connectivity index (χ0v) is 19.3. The Balaban J connectivity index is 0.00000338.